The molecule has 3 heterocycles. The maximum atomic E-state index is 14.6. The molecule has 1 aliphatic rings. The molecule has 0 spiro atoms. The predicted octanol–water partition coefficient (Wildman–Crippen LogP) is 3.72. The summed E-state index contributed by atoms with van der Waals surface area (Å²) in [7, 11) is 1.50. The summed E-state index contributed by atoms with van der Waals surface area (Å²) in [5, 5.41) is 9.97. The van der Waals surface area contributed by atoms with Gasteiger partial charge >= 0.3 is 0 Å². The van der Waals surface area contributed by atoms with Crippen LogP contribution >= 0.6 is 11.3 Å². The Morgan fingerprint density at radius 2 is 1.83 bits per heavy atom. The van der Waals surface area contributed by atoms with Gasteiger partial charge in [0.05, 0.1) is 15.8 Å². The first-order valence-electron chi connectivity index (χ1n) is 11.9. The minimum absolute atomic E-state index is 0.0940. The molecule has 4 aromatic rings. The van der Waals surface area contributed by atoms with E-state index in [4.69, 9.17) is 0 Å². The second-order valence-corrected chi connectivity index (χ2v) is 9.71. The van der Waals surface area contributed by atoms with Gasteiger partial charge in [-0.2, -0.15) is 4.98 Å². The zero-order chi connectivity index (χ0) is 24.4. The highest BCUT2D eigenvalue weighted by Crippen LogP contribution is 2.29. The van der Waals surface area contributed by atoms with Crippen LogP contribution in [0.5, 0.6) is 0 Å². The maximum Gasteiger partial charge on any atom is 0.251 e. The minimum atomic E-state index is -0.562. The van der Waals surface area contributed by atoms with Gasteiger partial charge in [0.15, 0.2) is 5.82 Å². The zero-order valence-electron chi connectivity index (χ0n) is 19.5. The number of halogens is 1. The number of hydrogen-bond donors (Lipinski definition) is 2. The van der Waals surface area contributed by atoms with Crippen LogP contribution in [0, 0.1) is 5.82 Å². The standard InChI is InChI=1S/C25H27FN6O2S/c1-27-23(33)16-6-8-18(19(26)14-16)22-29-25-32(30-22)20-9-7-17(15-21(20)35-25)24(34)28-10-5-13-31-11-3-2-4-12-31/h6-9,14-15H,2-5,10-13H2,1H3,(H,27,33)(H,28,34). The van der Waals surface area contributed by atoms with E-state index < -0.39 is 5.82 Å². The number of carbonyl (C=O) groups is 2. The van der Waals surface area contributed by atoms with Crippen molar-refractivity contribution >= 4 is 38.3 Å². The summed E-state index contributed by atoms with van der Waals surface area (Å²) in [6, 6.07) is 9.68. The largest absolute Gasteiger partial charge is 0.355 e. The number of hydrogen-bond acceptors (Lipinski definition) is 6. The Hall–Kier alpha value is -3.37. The lowest BCUT2D eigenvalue weighted by Crippen LogP contribution is -2.33. The Balaban J connectivity index is 1.28. The van der Waals surface area contributed by atoms with E-state index in [2.05, 4.69) is 25.6 Å². The molecule has 0 bridgehead atoms. The van der Waals surface area contributed by atoms with Crippen molar-refractivity contribution < 1.29 is 14.0 Å². The van der Waals surface area contributed by atoms with Crippen molar-refractivity contribution in [3.63, 3.8) is 0 Å². The lowest BCUT2D eigenvalue weighted by atomic mass is 10.1. The number of piperidine rings is 1. The molecule has 1 fully saturated rings. The molecular formula is C25H27FN6O2S. The Bertz CT molecular complexity index is 1390. The Labute approximate surface area is 206 Å². The first-order chi connectivity index (χ1) is 17.0. The van der Waals surface area contributed by atoms with Crippen LogP contribution in [0.15, 0.2) is 36.4 Å². The fourth-order valence-corrected chi connectivity index (χ4v) is 5.42. The molecule has 35 heavy (non-hydrogen) atoms. The maximum absolute atomic E-state index is 14.6. The normalized spacial score (nSPS) is 14.5. The van der Waals surface area contributed by atoms with Gasteiger partial charge in [-0.25, -0.2) is 8.91 Å². The molecule has 8 nitrogen and oxygen atoms in total. The Morgan fingerprint density at radius 3 is 2.60 bits per heavy atom. The monoisotopic (exact) mass is 494 g/mol. The van der Waals surface area contributed by atoms with E-state index in [-0.39, 0.29) is 28.8 Å². The van der Waals surface area contributed by atoms with Crippen molar-refractivity contribution in [3.05, 3.63) is 53.3 Å². The van der Waals surface area contributed by atoms with Gasteiger partial charge in [0.1, 0.15) is 5.82 Å². The highest BCUT2D eigenvalue weighted by Gasteiger charge is 2.18. The Morgan fingerprint density at radius 1 is 1.06 bits per heavy atom. The average Bonchev–Trinajstić information content (AvgIpc) is 3.44. The van der Waals surface area contributed by atoms with Crippen LogP contribution in [0.2, 0.25) is 0 Å². The van der Waals surface area contributed by atoms with E-state index in [1.165, 1.54) is 49.8 Å². The molecular weight excluding hydrogens is 467 g/mol. The number of likely N-dealkylation sites (tertiary alicyclic amines) is 1. The third-order valence-electron chi connectivity index (χ3n) is 6.31. The van der Waals surface area contributed by atoms with Gasteiger partial charge in [-0.15, -0.1) is 5.10 Å². The number of nitrogens with one attached hydrogen (secondary N) is 2. The van der Waals surface area contributed by atoms with Gasteiger partial charge in [0.25, 0.3) is 11.8 Å². The summed E-state index contributed by atoms with van der Waals surface area (Å²) < 4.78 is 17.2. The summed E-state index contributed by atoms with van der Waals surface area (Å²) in [6.45, 7) is 3.99. The molecule has 0 unspecified atom stereocenters. The van der Waals surface area contributed by atoms with Crippen molar-refractivity contribution in [1.29, 1.82) is 0 Å². The fraction of sp³-hybridized carbons (Fsp3) is 0.360. The lowest BCUT2D eigenvalue weighted by Gasteiger charge is -2.26. The summed E-state index contributed by atoms with van der Waals surface area (Å²) >= 11 is 1.39. The highest BCUT2D eigenvalue weighted by molar-refractivity contribution is 7.23. The number of fused-ring (bicyclic) bond motifs is 3. The van der Waals surface area contributed by atoms with Gasteiger partial charge < -0.3 is 15.5 Å². The molecule has 1 aliphatic heterocycles. The molecule has 2 aromatic carbocycles. The van der Waals surface area contributed by atoms with Gasteiger partial charge in [-0.05, 0) is 75.3 Å². The van der Waals surface area contributed by atoms with Crippen LogP contribution in [0.3, 0.4) is 0 Å². The second-order valence-electron chi connectivity index (χ2n) is 8.70. The number of nitrogens with zero attached hydrogens (tertiary/aromatic N) is 4. The fourth-order valence-electron chi connectivity index (χ4n) is 4.42. The quantitative estimate of drug-likeness (QED) is 0.382. The van der Waals surface area contributed by atoms with E-state index in [0.717, 1.165) is 36.3 Å². The average molecular weight is 495 g/mol. The van der Waals surface area contributed by atoms with Crippen LogP contribution in [0.4, 0.5) is 4.39 Å². The molecule has 5 rings (SSSR count). The highest BCUT2D eigenvalue weighted by atomic mass is 32.1. The summed E-state index contributed by atoms with van der Waals surface area (Å²) in [5.74, 6) is -0.770. The number of benzene rings is 2. The molecule has 2 N–H and O–H groups in total. The van der Waals surface area contributed by atoms with Crippen molar-refractivity contribution in [1.82, 2.24) is 30.1 Å². The first-order valence-corrected chi connectivity index (χ1v) is 12.7. The van der Waals surface area contributed by atoms with Crippen LogP contribution in [0.1, 0.15) is 46.4 Å². The van der Waals surface area contributed by atoms with E-state index in [0.29, 0.717) is 17.1 Å². The SMILES string of the molecule is CNC(=O)c1ccc(-c2nc3sc4cc(C(=O)NCCCN5CCCCC5)ccc4n3n2)c(F)c1. The summed E-state index contributed by atoms with van der Waals surface area (Å²) in [6.07, 6.45) is 4.80. The van der Waals surface area contributed by atoms with E-state index in [9.17, 15) is 14.0 Å². The minimum Gasteiger partial charge on any atom is -0.355 e. The Kier molecular flexibility index (Phi) is 6.74. The van der Waals surface area contributed by atoms with E-state index in [1.807, 2.05) is 12.1 Å². The number of thiazole rings is 1. The van der Waals surface area contributed by atoms with Crippen LogP contribution in [-0.2, 0) is 0 Å². The molecule has 2 amide bonds. The first kappa shape index (κ1) is 23.4. The summed E-state index contributed by atoms with van der Waals surface area (Å²) in [4.78, 5) is 31.9. The smallest absolute Gasteiger partial charge is 0.251 e. The van der Waals surface area contributed by atoms with Gasteiger partial charge in [-0.3, -0.25) is 9.59 Å². The molecule has 0 saturated carbocycles. The third kappa shape index (κ3) is 4.89. The van der Waals surface area contributed by atoms with E-state index >= 15 is 0 Å². The molecule has 1 saturated heterocycles. The van der Waals surface area contributed by atoms with Crippen LogP contribution in [0.25, 0.3) is 26.6 Å². The lowest BCUT2D eigenvalue weighted by molar-refractivity contribution is 0.0947. The molecule has 0 radical (unpaired) electrons. The molecule has 0 atom stereocenters. The summed E-state index contributed by atoms with van der Waals surface area (Å²) in [5.41, 5.74) is 1.85. The number of rotatable bonds is 7. The van der Waals surface area contributed by atoms with E-state index in [1.54, 1.807) is 16.6 Å². The zero-order valence-corrected chi connectivity index (χ0v) is 20.3. The third-order valence-corrected chi connectivity index (χ3v) is 7.31. The van der Waals surface area contributed by atoms with Crippen molar-refractivity contribution in [2.75, 3.05) is 33.2 Å². The van der Waals surface area contributed by atoms with Crippen molar-refractivity contribution in [2.45, 2.75) is 25.7 Å². The van der Waals surface area contributed by atoms with Crippen LogP contribution < -0.4 is 10.6 Å². The molecule has 182 valence electrons. The number of aromatic nitrogens is 3. The number of carbonyl (C=O) groups excluding carboxylic acids is 2. The van der Waals surface area contributed by atoms with Gasteiger partial charge in [0, 0.05) is 24.7 Å². The van der Waals surface area contributed by atoms with Crippen molar-refractivity contribution in [2.24, 2.45) is 0 Å². The second kappa shape index (κ2) is 10.1. The van der Waals surface area contributed by atoms with Gasteiger partial charge in [0.2, 0.25) is 4.96 Å². The van der Waals surface area contributed by atoms with Gasteiger partial charge in [-0.1, -0.05) is 17.8 Å². The predicted molar refractivity (Wildman–Crippen MR) is 134 cm³/mol. The topological polar surface area (TPSA) is 91.6 Å². The van der Waals surface area contributed by atoms with Crippen LogP contribution in [-0.4, -0.2) is 64.5 Å². The van der Waals surface area contributed by atoms with Crippen molar-refractivity contribution in [3.8, 4) is 11.4 Å². The molecule has 2 aromatic heterocycles. The number of amides is 2. The molecule has 10 heteroatoms. The molecule has 0 aliphatic carbocycles.